The molecule has 0 atom stereocenters. The van der Waals surface area contributed by atoms with Crippen LogP contribution in [0.5, 0.6) is 5.75 Å². The topological polar surface area (TPSA) is 58.6 Å². The van der Waals surface area contributed by atoms with E-state index < -0.39 is 0 Å². The molecule has 0 aliphatic rings. The van der Waals surface area contributed by atoms with E-state index >= 15 is 0 Å². The number of hydrogen-bond acceptors (Lipinski definition) is 3. The molecule has 2 aromatic carbocycles. The molecule has 0 fully saturated rings. The SMILES string of the molecule is CCOc1ccccc1C(=O)NCC(=O)N(C)Cc1ccc(C)cc1. The molecule has 0 spiro atoms. The first kappa shape index (κ1) is 18.5. The van der Waals surface area contributed by atoms with Gasteiger partial charge in [0.05, 0.1) is 18.7 Å². The normalized spacial score (nSPS) is 10.2. The number of benzene rings is 2. The molecule has 5 nitrogen and oxygen atoms in total. The predicted octanol–water partition coefficient (Wildman–Crippen LogP) is 2.78. The number of rotatable bonds is 7. The largest absolute Gasteiger partial charge is 0.493 e. The third kappa shape index (κ3) is 5.35. The van der Waals surface area contributed by atoms with Crippen molar-refractivity contribution < 1.29 is 14.3 Å². The second-order valence-electron chi connectivity index (χ2n) is 5.85. The van der Waals surface area contributed by atoms with Gasteiger partial charge in [-0.15, -0.1) is 0 Å². The summed E-state index contributed by atoms with van der Waals surface area (Å²) < 4.78 is 5.44. The summed E-state index contributed by atoms with van der Waals surface area (Å²) >= 11 is 0. The van der Waals surface area contributed by atoms with Crippen molar-refractivity contribution in [3.63, 3.8) is 0 Å². The monoisotopic (exact) mass is 340 g/mol. The van der Waals surface area contributed by atoms with Crippen molar-refractivity contribution in [1.82, 2.24) is 10.2 Å². The average molecular weight is 340 g/mol. The molecule has 0 aromatic heterocycles. The van der Waals surface area contributed by atoms with E-state index in [1.165, 1.54) is 5.56 Å². The van der Waals surface area contributed by atoms with Crippen LogP contribution < -0.4 is 10.1 Å². The molecule has 5 heteroatoms. The average Bonchev–Trinajstić information content (AvgIpc) is 2.62. The lowest BCUT2D eigenvalue weighted by atomic mass is 10.1. The number of likely N-dealkylation sites (N-methyl/N-ethyl adjacent to an activating group) is 1. The third-order valence-corrected chi connectivity index (χ3v) is 3.80. The zero-order valence-electron chi connectivity index (χ0n) is 14.9. The summed E-state index contributed by atoms with van der Waals surface area (Å²) in [5.74, 6) is 0.0481. The van der Waals surface area contributed by atoms with Crippen LogP contribution in [0.25, 0.3) is 0 Å². The molecule has 0 unspecified atom stereocenters. The summed E-state index contributed by atoms with van der Waals surface area (Å²) in [6, 6.07) is 15.0. The van der Waals surface area contributed by atoms with Gasteiger partial charge in [-0.25, -0.2) is 0 Å². The first-order valence-electron chi connectivity index (χ1n) is 8.30. The number of carbonyl (C=O) groups excluding carboxylic acids is 2. The quantitative estimate of drug-likeness (QED) is 0.843. The molecule has 1 N–H and O–H groups in total. The number of nitrogens with one attached hydrogen (secondary N) is 1. The molecule has 0 saturated heterocycles. The molecule has 2 amide bonds. The Labute approximate surface area is 148 Å². The lowest BCUT2D eigenvalue weighted by molar-refractivity contribution is -0.129. The van der Waals surface area contributed by atoms with Crippen molar-refractivity contribution in [1.29, 1.82) is 0 Å². The lowest BCUT2D eigenvalue weighted by Gasteiger charge is -2.18. The minimum atomic E-state index is -0.318. The fraction of sp³-hybridized carbons (Fsp3) is 0.300. The first-order chi connectivity index (χ1) is 12.0. The Hall–Kier alpha value is -2.82. The summed E-state index contributed by atoms with van der Waals surface area (Å²) in [6.45, 7) is 4.81. The van der Waals surface area contributed by atoms with Crippen molar-refractivity contribution in [3.05, 3.63) is 65.2 Å². The molecule has 0 radical (unpaired) electrons. The second kappa shape index (κ2) is 8.87. The summed E-state index contributed by atoms with van der Waals surface area (Å²) in [7, 11) is 1.72. The van der Waals surface area contributed by atoms with Gasteiger partial charge in [0.2, 0.25) is 5.91 Å². The maximum atomic E-state index is 12.3. The van der Waals surface area contributed by atoms with E-state index in [4.69, 9.17) is 4.74 Å². The van der Waals surface area contributed by atoms with Crippen molar-refractivity contribution in [2.24, 2.45) is 0 Å². The maximum Gasteiger partial charge on any atom is 0.255 e. The van der Waals surface area contributed by atoms with E-state index in [9.17, 15) is 9.59 Å². The Bertz CT molecular complexity index is 726. The number of ether oxygens (including phenoxy) is 1. The van der Waals surface area contributed by atoms with Crippen LogP contribution in [0.4, 0.5) is 0 Å². The van der Waals surface area contributed by atoms with E-state index in [0.717, 1.165) is 5.56 Å². The van der Waals surface area contributed by atoms with Gasteiger partial charge >= 0.3 is 0 Å². The molecule has 0 saturated carbocycles. The summed E-state index contributed by atoms with van der Waals surface area (Å²) in [5.41, 5.74) is 2.66. The number of amides is 2. The van der Waals surface area contributed by atoms with Crippen LogP contribution in [0, 0.1) is 6.92 Å². The molecule has 0 aliphatic carbocycles. The fourth-order valence-electron chi connectivity index (χ4n) is 2.38. The van der Waals surface area contributed by atoms with Gasteiger partial charge in [0.25, 0.3) is 5.91 Å². The molecule has 0 bridgehead atoms. The highest BCUT2D eigenvalue weighted by atomic mass is 16.5. The molecule has 0 heterocycles. The number of aryl methyl sites for hydroxylation is 1. The van der Waals surface area contributed by atoms with Crippen LogP contribution in [0.15, 0.2) is 48.5 Å². The van der Waals surface area contributed by atoms with Crippen LogP contribution in [0.2, 0.25) is 0 Å². The molecular weight excluding hydrogens is 316 g/mol. The van der Waals surface area contributed by atoms with Gasteiger partial charge in [-0.3, -0.25) is 9.59 Å². The second-order valence-corrected chi connectivity index (χ2v) is 5.85. The Morgan fingerprint density at radius 2 is 1.76 bits per heavy atom. The Morgan fingerprint density at radius 1 is 1.08 bits per heavy atom. The van der Waals surface area contributed by atoms with Gasteiger partial charge < -0.3 is 15.0 Å². The third-order valence-electron chi connectivity index (χ3n) is 3.80. The van der Waals surface area contributed by atoms with Crippen molar-refractivity contribution >= 4 is 11.8 Å². The zero-order chi connectivity index (χ0) is 18.2. The van der Waals surface area contributed by atoms with Crippen molar-refractivity contribution in [3.8, 4) is 5.75 Å². The van der Waals surface area contributed by atoms with E-state index in [1.807, 2.05) is 44.2 Å². The predicted molar refractivity (Wildman–Crippen MR) is 97.6 cm³/mol. The summed E-state index contributed by atoms with van der Waals surface area (Å²) in [6.07, 6.45) is 0. The van der Waals surface area contributed by atoms with Crippen LogP contribution in [-0.4, -0.2) is 36.9 Å². The summed E-state index contributed by atoms with van der Waals surface area (Å²) in [4.78, 5) is 26.1. The van der Waals surface area contributed by atoms with Crippen molar-refractivity contribution in [2.75, 3.05) is 20.2 Å². The Morgan fingerprint density at radius 3 is 2.44 bits per heavy atom. The van der Waals surface area contributed by atoms with E-state index in [0.29, 0.717) is 24.5 Å². The molecule has 2 rings (SSSR count). The van der Waals surface area contributed by atoms with E-state index in [1.54, 1.807) is 30.1 Å². The van der Waals surface area contributed by atoms with Gasteiger partial charge in [0.1, 0.15) is 5.75 Å². The molecule has 2 aromatic rings. The highest BCUT2D eigenvalue weighted by Gasteiger charge is 2.15. The van der Waals surface area contributed by atoms with Crippen LogP contribution in [-0.2, 0) is 11.3 Å². The van der Waals surface area contributed by atoms with Gasteiger partial charge in [-0.05, 0) is 31.5 Å². The van der Waals surface area contributed by atoms with E-state index in [2.05, 4.69) is 5.32 Å². The molecular formula is C20H24N2O3. The number of carbonyl (C=O) groups is 2. The van der Waals surface area contributed by atoms with Gasteiger partial charge in [-0.2, -0.15) is 0 Å². The highest BCUT2D eigenvalue weighted by molar-refractivity contribution is 5.98. The van der Waals surface area contributed by atoms with Gasteiger partial charge in [0, 0.05) is 13.6 Å². The van der Waals surface area contributed by atoms with Gasteiger partial charge in [0.15, 0.2) is 0 Å². The minimum absolute atomic E-state index is 0.0539. The van der Waals surface area contributed by atoms with Crippen LogP contribution in [0.1, 0.15) is 28.4 Å². The Balaban J connectivity index is 1.90. The Kier molecular flexibility index (Phi) is 6.57. The molecule has 132 valence electrons. The van der Waals surface area contributed by atoms with Crippen LogP contribution >= 0.6 is 0 Å². The maximum absolute atomic E-state index is 12.3. The summed E-state index contributed by atoms with van der Waals surface area (Å²) in [5, 5.41) is 2.66. The lowest BCUT2D eigenvalue weighted by Crippen LogP contribution is -2.37. The minimum Gasteiger partial charge on any atom is -0.493 e. The standard InChI is InChI=1S/C20H24N2O3/c1-4-25-18-8-6-5-7-17(18)20(24)21-13-19(23)22(3)14-16-11-9-15(2)10-12-16/h5-12H,4,13-14H2,1-3H3,(H,21,24). The van der Waals surface area contributed by atoms with Gasteiger partial charge in [-0.1, -0.05) is 42.0 Å². The molecule has 0 aliphatic heterocycles. The fourth-order valence-corrected chi connectivity index (χ4v) is 2.38. The van der Waals surface area contributed by atoms with Crippen LogP contribution in [0.3, 0.4) is 0 Å². The highest BCUT2D eigenvalue weighted by Crippen LogP contribution is 2.17. The first-order valence-corrected chi connectivity index (χ1v) is 8.30. The van der Waals surface area contributed by atoms with Crippen molar-refractivity contribution in [2.45, 2.75) is 20.4 Å². The molecule has 25 heavy (non-hydrogen) atoms. The number of nitrogens with zero attached hydrogens (tertiary/aromatic N) is 1. The van der Waals surface area contributed by atoms with E-state index in [-0.39, 0.29) is 18.4 Å². The zero-order valence-corrected chi connectivity index (χ0v) is 14.9. The smallest absolute Gasteiger partial charge is 0.255 e. The number of hydrogen-bond donors (Lipinski definition) is 1. The number of para-hydroxylation sites is 1.